The molecule has 23 heavy (non-hydrogen) atoms. The van der Waals surface area contributed by atoms with Gasteiger partial charge in [-0.25, -0.2) is 4.79 Å². The third-order valence-electron chi connectivity index (χ3n) is 3.65. The first-order valence-electron chi connectivity index (χ1n) is 7.42. The molecule has 6 heteroatoms. The van der Waals surface area contributed by atoms with Crippen LogP contribution in [0.5, 0.6) is 5.75 Å². The summed E-state index contributed by atoms with van der Waals surface area (Å²) in [5, 5.41) is 4.72. The van der Waals surface area contributed by atoms with Crippen LogP contribution in [0.25, 0.3) is 0 Å². The predicted octanol–water partition coefficient (Wildman–Crippen LogP) is 2.93. The van der Waals surface area contributed by atoms with E-state index in [1.165, 1.54) is 11.3 Å². The van der Waals surface area contributed by atoms with Crippen molar-refractivity contribution < 1.29 is 19.1 Å². The zero-order valence-corrected chi connectivity index (χ0v) is 13.5. The number of thiophene rings is 1. The Labute approximate surface area is 138 Å². The van der Waals surface area contributed by atoms with Crippen LogP contribution in [0.2, 0.25) is 0 Å². The molecule has 1 aromatic carbocycles. The highest BCUT2D eigenvalue weighted by Crippen LogP contribution is 2.31. The van der Waals surface area contributed by atoms with Crippen LogP contribution in [0.3, 0.4) is 0 Å². The first-order chi connectivity index (χ1) is 11.1. The lowest BCUT2D eigenvalue weighted by atomic mass is 10.0. The van der Waals surface area contributed by atoms with Crippen LogP contribution < -0.4 is 10.1 Å². The van der Waals surface area contributed by atoms with Crippen LogP contribution in [0, 0.1) is 0 Å². The van der Waals surface area contributed by atoms with E-state index in [0.717, 1.165) is 11.3 Å². The summed E-state index contributed by atoms with van der Waals surface area (Å²) in [7, 11) is 0. The number of hydrogen-bond acceptors (Lipinski definition) is 5. The van der Waals surface area contributed by atoms with Crippen molar-refractivity contribution in [3.05, 3.63) is 52.2 Å². The van der Waals surface area contributed by atoms with Gasteiger partial charge in [-0.1, -0.05) is 24.3 Å². The van der Waals surface area contributed by atoms with E-state index in [1.807, 2.05) is 24.3 Å². The van der Waals surface area contributed by atoms with Crippen LogP contribution >= 0.6 is 11.3 Å². The van der Waals surface area contributed by atoms with Gasteiger partial charge in [0.2, 0.25) is 0 Å². The minimum absolute atomic E-state index is 0.129. The second kappa shape index (κ2) is 6.83. The van der Waals surface area contributed by atoms with Crippen LogP contribution in [0.1, 0.15) is 34.6 Å². The molecular weight excluding hydrogens is 314 g/mol. The monoisotopic (exact) mass is 331 g/mol. The summed E-state index contributed by atoms with van der Waals surface area (Å²) in [5.74, 6) is -0.001000. The fraction of sp³-hybridized carbons (Fsp3) is 0.294. The van der Waals surface area contributed by atoms with Gasteiger partial charge in [0.1, 0.15) is 10.6 Å². The van der Waals surface area contributed by atoms with E-state index in [4.69, 9.17) is 9.47 Å². The van der Waals surface area contributed by atoms with E-state index in [-0.39, 0.29) is 11.9 Å². The van der Waals surface area contributed by atoms with E-state index in [9.17, 15) is 9.59 Å². The number of amides is 1. The Morgan fingerprint density at radius 3 is 2.91 bits per heavy atom. The molecule has 1 N–H and O–H groups in total. The normalized spacial score (nSPS) is 17.5. The van der Waals surface area contributed by atoms with Gasteiger partial charge >= 0.3 is 5.97 Å². The average Bonchev–Trinajstić information content (AvgIpc) is 3.09. The molecule has 2 aromatic rings. The number of rotatable bonds is 4. The summed E-state index contributed by atoms with van der Waals surface area (Å²) in [5.41, 5.74) is 0.948. The summed E-state index contributed by atoms with van der Waals surface area (Å²) in [4.78, 5) is 24.7. The van der Waals surface area contributed by atoms with Gasteiger partial charge in [-0.05, 0) is 24.4 Å². The molecule has 3 rings (SSSR count). The molecule has 1 aromatic heterocycles. The van der Waals surface area contributed by atoms with E-state index >= 15 is 0 Å². The first-order valence-corrected chi connectivity index (χ1v) is 8.29. The number of carbonyl (C=O) groups excluding carboxylic acids is 2. The summed E-state index contributed by atoms with van der Waals surface area (Å²) >= 11 is 1.29. The Morgan fingerprint density at radius 1 is 1.30 bits per heavy atom. The predicted molar refractivity (Wildman–Crippen MR) is 86.6 cm³/mol. The topological polar surface area (TPSA) is 64.6 Å². The molecule has 1 amide bonds. The second-order valence-electron chi connectivity index (χ2n) is 5.26. The summed E-state index contributed by atoms with van der Waals surface area (Å²) in [6, 6.07) is 10.9. The number of nitrogens with one attached hydrogen (secondary N) is 1. The highest BCUT2D eigenvalue weighted by Gasteiger charge is 2.26. The molecule has 120 valence electrons. The van der Waals surface area contributed by atoms with E-state index in [2.05, 4.69) is 5.32 Å². The SMILES string of the molecule is C[C@H](OC(=O)c1cccs1)C(=O)N[C@@H]1CCOc2ccccc21. The lowest BCUT2D eigenvalue weighted by molar-refractivity contribution is -0.130. The largest absolute Gasteiger partial charge is 0.493 e. The van der Waals surface area contributed by atoms with Crippen molar-refractivity contribution in [2.24, 2.45) is 0 Å². The van der Waals surface area contributed by atoms with Crippen LogP contribution in [0.4, 0.5) is 0 Å². The fourth-order valence-corrected chi connectivity index (χ4v) is 3.05. The molecule has 0 aliphatic carbocycles. The zero-order valence-electron chi connectivity index (χ0n) is 12.7. The molecule has 2 heterocycles. The minimum Gasteiger partial charge on any atom is -0.493 e. The molecule has 1 aliphatic heterocycles. The summed E-state index contributed by atoms with van der Waals surface area (Å²) in [6.45, 7) is 2.12. The van der Waals surface area contributed by atoms with Crippen LogP contribution in [-0.4, -0.2) is 24.6 Å². The van der Waals surface area contributed by atoms with Crippen molar-refractivity contribution in [2.75, 3.05) is 6.61 Å². The lowest BCUT2D eigenvalue weighted by Crippen LogP contribution is -2.39. The quantitative estimate of drug-likeness (QED) is 0.875. The molecule has 0 bridgehead atoms. The molecule has 0 spiro atoms. The fourth-order valence-electron chi connectivity index (χ4n) is 2.45. The van der Waals surface area contributed by atoms with E-state index < -0.39 is 12.1 Å². The molecule has 0 unspecified atom stereocenters. The van der Waals surface area contributed by atoms with E-state index in [0.29, 0.717) is 17.9 Å². The standard InChI is InChI=1S/C17H17NO4S/c1-11(22-17(20)15-7-4-10-23-15)16(19)18-13-8-9-21-14-6-3-2-5-12(13)14/h2-7,10-11,13H,8-9H2,1H3,(H,18,19)/t11-,13+/m0/s1. The van der Waals surface area contributed by atoms with Crippen molar-refractivity contribution >= 4 is 23.2 Å². The van der Waals surface area contributed by atoms with Crippen molar-refractivity contribution in [1.29, 1.82) is 0 Å². The second-order valence-corrected chi connectivity index (χ2v) is 6.21. The maximum absolute atomic E-state index is 12.3. The maximum atomic E-state index is 12.3. The van der Waals surface area contributed by atoms with Crippen molar-refractivity contribution in [1.82, 2.24) is 5.32 Å². The Morgan fingerprint density at radius 2 is 2.13 bits per heavy atom. The molecule has 0 radical (unpaired) electrons. The van der Waals surface area contributed by atoms with Gasteiger partial charge < -0.3 is 14.8 Å². The number of esters is 1. The van der Waals surface area contributed by atoms with Crippen molar-refractivity contribution in [2.45, 2.75) is 25.5 Å². The van der Waals surface area contributed by atoms with Gasteiger partial charge in [-0.3, -0.25) is 4.79 Å². The Kier molecular flexibility index (Phi) is 4.62. The number of carbonyl (C=O) groups is 2. The van der Waals surface area contributed by atoms with Crippen molar-refractivity contribution in [3.8, 4) is 5.75 Å². The average molecular weight is 331 g/mol. The van der Waals surface area contributed by atoms with Crippen molar-refractivity contribution in [3.63, 3.8) is 0 Å². The van der Waals surface area contributed by atoms with Crippen LogP contribution in [0.15, 0.2) is 41.8 Å². The van der Waals surface area contributed by atoms with E-state index in [1.54, 1.807) is 24.4 Å². The third-order valence-corrected chi connectivity index (χ3v) is 4.50. The molecule has 1 aliphatic rings. The maximum Gasteiger partial charge on any atom is 0.349 e. The van der Waals surface area contributed by atoms with Gasteiger partial charge in [0.15, 0.2) is 6.10 Å². The van der Waals surface area contributed by atoms with Gasteiger partial charge in [0.25, 0.3) is 5.91 Å². The third kappa shape index (κ3) is 3.53. The molecule has 0 saturated carbocycles. The van der Waals surface area contributed by atoms with Gasteiger partial charge in [0.05, 0.1) is 12.6 Å². The number of benzene rings is 1. The minimum atomic E-state index is -0.848. The number of para-hydroxylation sites is 1. The molecule has 0 saturated heterocycles. The Balaban J connectivity index is 1.62. The van der Waals surface area contributed by atoms with Gasteiger partial charge in [0, 0.05) is 12.0 Å². The van der Waals surface area contributed by atoms with Gasteiger partial charge in [-0.15, -0.1) is 11.3 Å². The summed E-state index contributed by atoms with van der Waals surface area (Å²) < 4.78 is 10.8. The highest BCUT2D eigenvalue weighted by atomic mass is 32.1. The Hall–Kier alpha value is -2.34. The lowest BCUT2D eigenvalue weighted by Gasteiger charge is -2.27. The first kappa shape index (κ1) is 15.6. The Bertz CT molecular complexity index is 698. The number of fused-ring (bicyclic) bond motifs is 1. The number of hydrogen-bond donors (Lipinski definition) is 1. The van der Waals surface area contributed by atoms with Crippen LogP contribution in [-0.2, 0) is 9.53 Å². The highest BCUT2D eigenvalue weighted by molar-refractivity contribution is 7.11. The molecule has 0 fully saturated rings. The zero-order chi connectivity index (χ0) is 16.2. The molecule has 5 nitrogen and oxygen atoms in total. The molecular formula is C17H17NO4S. The smallest absolute Gasteiger partial charge is 0.349 e. The summed E-state index contributed by atoms with van der Waals surface area (Å²) in [6.07, 6.45) is -0.159. The number of ether oxygens (including phenoxy) is 2. The van der Waals surface area contributed by atoms with Gasteiger partial charge in [-0.2, -0.15) is 0 Å². The molecule has 2 atom stereocenters.